The summed E-state index contributed by atoms with van der Waals surface area (Å²) in [5.41, 5.74) is 2.02. The molecule has 0 radical (unpaired) electrons. The summed E-state index contributed by atoms with van der Waals surface area (Å²) < 4.78 is 30.4. The quantitative estimate of drug-likeness (QED) is 0.0427. The van der Waals surface area contributed by atoms with Gasteiger partial charge < -0.3 is 59.3 Å². The maximum Gasteiger partial charge on any atom is 0.322 e. The Bertz CT molecular complexity index is 3830. The van der Waals surface area contributed by atoms with Gasteiger partial charge in [-0.3, -0.25) is 38.7 Å². The van der Waals surface area contributed by atoms with Gasteiger partial charge in [0.15, 0.2) is 0 Å². The Morgan fingerprint density at radius 3 is 1.74 bits per heavy atom. The summed E-state index contributed by atoms with van der Waals surface area (Å²) in [7, 11) is 8.79. The number of nitrogens with zero attached hydrogens (tertiary/aromatic N) is 5. The van der Waals surface area contributed by atoms with Crippen molar-refractivity contribution in [2.75, 3.05) is 104 Å². The van der Waals surface area contributed by atoms with E-state index in [2.05, 4.69) is 128 Å². The molecule has 97 heavy (non-hydrogen) atoms. The highest BCUT2D eigenvalue weighted by atomic mass is 16.6. The van der Waals surface area contributed by atoms with Gasteiger partial charge in [0.25, 0.3) is 0 Å². The SMILES string of the molecule is C.C.CCC(=O)NC[C@@]1(O)[C@H](OC(C)=O)[C@]2(CC)C=CCN3CC[C@@]4(c5cc([C@@]6(C(=O)OC)C[C@@H]7C=C(CC)CN(CCc8c6[nH]c6ccccc86)C7)c(OC)cc5N(C)[C@@H]14)C32.CCC(=O)NC[C@@]1(O)[C@H](OC(C)=O)[C@]2(CC)C=CCN3CC[C@@]4(c5ccc(OC)cc5N(C)[C@@H]14)C32. The number of hydrogen-bond donors (Lipinski definition) is 5. The number of aromatic amines is 1. The molecule has 4 aromatic rings. The number of esters is 3. The van der Waals surface area contributed by atoms with Gasteiger partial charge in [0, 0.05) is 153 Å². The molecular formula is C77H106N8O12. The van der Waals surface area contributed by atoms with Crippen LogP contribution >= 0.6 is 0 Å². The number of carbonyl (C=O) groups excluding carboxylic acids is 5. The van der Waals surface area contributed by atoms with Gasteiger partial charge in [-0.25, -0.2) is 0 Å². The highest BCUT2D eigenvalue weighted by molar-refractivity contribution is 5.94. The molecule has 2 saturated heterocycles. The lowest BCUT2D eigenvalue weighted by Gasteiger charge is -2.64. The van der Waals surface area contributed by atoms with Gasteiger partial charge in [0.2, 0.25) is 11.8 Å². The molecule has 526 valence electrons. The molecule has 2 aliphatic carbocycles. The van der Waals surface area contributed by atoms with Crippen LogP contribution in [0.15, 0.2) is 90.6 Å². The molecular weight excluding hydrogens is 1230 g/mol. The first kappa shape index (κ1) is 71.1. The van der Waals surface area contributed by atoms with Gasteiger partial charge in [0.05, 0.1) is 46.5 Å². The molecule has 8 aliphatic heterocycles. The van der Waals surface area contributed by atoms with Crippen LogP contribution in [0.5, 0.6) is 11.5 Å². The van der Waals surface area contributed by atoms with E-state index in [0.717, 1.165) is 115 Å². The predicted molar refractivity (Wildman–Crippen MR) is 376 cm³/mol. The molecule has 3 unspecified atom stereocenters. The molecule has 5 N–H and O–H groups in total. The second kappa shape index (κ2) is 26.1. The summed E-state index contributed by atoms with van der Waals surface area (Å²) in [5, 5.41) is 33.5. The molecule has 20 nitrogen and oxygen atoms in total. The number of para-hydroxylation sites is 1. The smallest absolute Gasteiger partial charge is 0.322 e. The Morgan fingerprint density at radius 2 is 1.23 bits per heavy atom. The average Bonchev–Trinajstić information content (AvgIpc) is 1.52. The van der Waals surface area contributed by atoms with Crippen LogP contribution < -0.4 is 29.9 Å². The number of aliphatic hydroxyl groups is 2. The Kier molecular flexibility index (Phi) is 19.1. The standard InChI is InChI=1S/C48H61N5O7.C27H37N3O5.2CH4/c1-8-30-22-31-25-47(44(56)59-7,40-33(16-20-52(26-30)27-31)32-14-11-12-15-36(32)50-40)35-23-34-37(24-38(35)58-6)51(5)42-46(34)18-21-53-19-13-17-45(10-3,41(46)53)43(60-29(4)54)48(42,57)28-49-39(55)9-2;1-6-21(32)28-16-27(33)23-26(19-10-9-18(34-5)15-20(19)29(23)4)12-14-30-13-8-11-25(7-2,22(26)30)24(27)35-17(3)31;;/h11-15,17,22-24,31,41-43,50,57H,8-10,16,18-21,25-28H2,1-7H3,(H,49,55);8-11,15,22-24,33H,6-7,12-14,16H2,1-5H3,(H,28,32);2*1H4/t31-,41?,42+,43+,45+,46+,47-,48-;22?,23-,24-,25-,26-,27+;;/m01../s1. The van der Waals surface area contributed by atoms with Crippen molar-refractivity contribution in [2.24, 2.45) is 16.7 Å². The van der Waals surface area contributed by atoms with Gasteiger partial charge in [0.1, 0.15) is 40.3 Å². The fourth-order valence-electron chi connectivity index (χ4n) is 21.4. The molecule has 3 aromatic carbocycles. The number of rotatable bonds is 15. The van der Waals surface area contributed by atoms with Crippen molar-refractivity contribution < 1.29 is 57.9 Å². The predicted octanol–water partition coefficient (Wildman–Crippen LogP) is 8.42. The molecule has 2 spiro atoms. The summed E-state index contributed by atoms with van der Waals surface area (Å²) in [4.78, 5) is 82.1. The van der Waals surface area contributed by atoms with E-state index in [0.29, 0.717) is 37.9 Å². The van der Waals surface area contributed by atoms with Gasteiger partial charge in [-0.15, -0.1) is 0 Å². The number of H-pyrrole nitrogens is 1. The third-order valence-electron chi connectivity index (χ3n) is 24.7. The maximum absolute atomic E-state index is 15.4. The summed E-state index contributed by atoms with van der Waals surface area (Å²) in [6.07, 6.45) is 14.8. The van der Waals surface area contributed by atoms with Crippen LogP contribution in [0.1, 0.15) is 143 Å². The third kappa shape index (κ3) is 10.1. The molecule has 15 atom stereocenters. The lowest BCUT2D eigenvalue weighted by Crippen LogP contribution is -2.81. The van der Waals surface area contributed by atoms with Gasteiger partial charge in [-0.1, -0.05) is 110 Å². The minimum Gasteiger partial charge on any atom is -0.497 e. The Morgan fingerprint density at radius 1 is 0.670 bits per heavy atom. The minimum atomic E-state index is -1.72. The summed E-state index contributed by atoms with van der Waals surface area (Å²) >= 11 is 0. The van der Waals surface area contributed by atoms with Gasteiger partial charge in [-0.05, 0) is 98.8 Å². The molecule has 2 saturated carbocycles. The van der Waals surface area contributed by atoms with Gasteiger partial charge in [-0.2, -0.15) is 0 Å². The van der Waals surface area contributed by atoms with E-state index in [4.69, 9.17) is 23.7 Å². The van der Waals surface area contributed by atoms with E-state index in [1.165, 1.54) is 32.1 Å². The van der Waals surface area contributed by atoms with Crippen LogP contribution in [-0.2, 0) is 60.8 Å². The highest BCUT2D eigenvalue weighted by Gasteiger charge is 2.80. The van der Waals surface area contributed by atoms with E-state index in [-0.39, 0.29) is 70.1 Å². The number of fused-ring (bicyclic) bond motifs is 7. The second-order valence-corrected chi connectivity index (χ2v) is 28.9. The van der Waals surface area contributed by atoms with Crippen LogP contribution in [0.3, 0.4) is 0 Å². The molecule has 2 bridgehead atoms. The van der Waals surface area contributed by atoms with Crippen LogP contribution in [-0.4, -0.2) is 202 Å². The van der Waals surface area contributed by atoms with Crippen molar-refractivity contribution >= 4 is 52.0 Å². The number of anilines is 2. The number of amides is 2. The number of benzene rings is 3. The van der Waals surface area contributed by atoms with Crippen LogP contribution in [0.2, 0.25) is 0 Å². The zero-order valence-electron chi connectivity index (χ0n) is 57.6. The van der Waals surface area contributed by atoms with E-state index in [1.807, 2.05) is 32.3 Å². The van der Waals surface area contributed by atoms with Crippen molar-refractivity contribution in [1.29, 1.82) is 0 Å². The van der Waals surface area contributed by atoms with Crippen LogP contribution in [0, 0.1) is 16.7 Å². The monoisotopic (exact) mass is 1330 g/mol. The normalized spacial score (nSPS) is 34.3. The van der Waals surface area contributed by atoms with E-state index in [9.17, 15) is 29.4 Å². The lowest BCUT2D eigenvalue weighted by atomic mass is 9.47. The number of methoxy groups -OCH3 is 3. The third-order valence-corrected chi connectivity index (χ3v) is 24.7. The molecule has 9 heterocycles. The number of ether oxygens (including phenoxy) is 5. The molecule has 4 fully saturated rings. The zero-order chi connectivity index (χ0) is 67.5. The van der Waals surface area contributed by atoms with Crippen molar-refractivity contribution in [3.63, 3.8) is 0 Å². The van der Waals surface area contributed by atoms with E-state index < -0.39 is 74.5 Å². The number of aromatic nitrogens is 1. The first-order valence-electron chi connectivity index (χ1n) is 34.7. The summed E-state index contributed by atoms with van der Waals surface area (Å²) in [6, 6.07) is 17.6. The zero-order valence-corrected chi connectivity index (χ0v) is 57.6. The van der Waals surface area contributed by atoms with Crippen molar-refractivity contribution in [2.45, 2.75) is 185 Å². The average molecular weight is 1340 g/mol. The summed E-state index contributed by atoms with van der Waals surface area (Å²) in [5.74, 6) is -0.261. The van der Waals surface area contributed by atoms with Gasteiger partial charge >= 0.3 is 17.9 Å². The van der Waals surface area contributed by atoms with Crippen molar-refractivity contribution in [3.05, 3.63) is 118 Å². The Balaban J connectivity index is 0.000000220. The fraction of sp³-hybridized carbons (Fsp3) is 0.597. The first-order chi connectivity index (χ1) is 45.5. The number of carbonyl (C=O) groups is 5. The fourth-order valence-corrected chi connectivity index (χ4v) is 21.4. The Hall–Kier alpha value is -7.23. The number of hydrogen-bond acceptors (Lipinski definition) is 17. The molecule has 14 rings (SSSR count). The first-order valence-corrected chi connectivity index (χ1v) is 34.7. The van der Waals surface area contributed by atoms with Crippen LogP contribution in [0.25, 0.3) is 10.9 Å². The molecule has 2 amide bonds. The van der Waals surface area contributed by atoms with Crippen molar-refractivity contribution in [3.8, 4) is 11.5 Å². The maximum atomic E-state index is 15.4. The number of likely N-dealkylation sites (N-methyl/N-ethyl adjacent to an activating group) is 2. The topological polar surface area (TPSA) is 228 Å². The lowest BCUT2D eigenvalue weighted by molar-refractivity contribution is -0.217. The molecule has 1 aromatic heterocycles. The largest absolute Gasteiger partial charge is 0.497 e. The van der Waals surface area contributed by atoms with E-state index in [1.54, 1.807) is 28.1 Å². The Labute approximate surface area is 573 Å². The number of nitrogens with one attached hydrogen (secondary N) is 3. The molecule has 20 heteroatoms. The molecule has 10 aliphatic rings. The summed E-state index contributed by atoms with van der Waals surface area (Å²) in [6.45, 7) is 18.5. The van der Waals surface area contributed by atoms with E-state index >= 15 is 4.79 Å². The van der Waals surface area contributed by atoms with Crippen LogP contribution in [0.4, 0.5) is 11.4 Å². The van der Waals surface area contributed by atoms with Crippen molar-refractivity contribution in [1.82, 2.24) is 30.3 Å². The highest BCUT2D eigenvalue weighted by Crippen LogP contribution is 2.70. The minimum absolute atomic E-state index is 0. The second-order valence-electron chi connectivity index (χ2n) is 28.9.